The molecule has 4 heteroatoms. The molecule has 0 saturated carbocycles. The summed E-state index contributed by atoms with van der Waals surface area (Å²) in [5.74, 6) is 1.12. The van der Waals surface area contributed by atoms with Crippen LogP contribution in [-0.2, 0) is 20.0 Å². The first-order valence-electron chi connectivity index (χ1n) is 6.72. The Morgan fingerprint density at radius 2 is 2.00 bits per heavy atom. The summed E-state index contributed by atoms with van der Waals surface area (Å²) in [6.07, 6.45) is 4.79. The van der Waals surface area contributed by atoms with Crippen LogP contribution in [0, 0.1) is 0 Å². The van der Waals surface area contributed by atoms with E-state index in [1.54, 1.807) is 0 Å². The van der Waals surface area contributed by atoms with Crippen molar-refractivity contribution in [2.75, 3.05) is 19.6 Å². The van der Waals surface area contributed by atoms with Crippen molar-refractivity contribution in [1.29, 1.82) is 0 Å². The van der Waals surface area contributed by atoms with E-state index < -0.39 is 0 Å². The third-order valence-electron chi connectivity index (χ3n) is 3.27. The molecule has 0 bridgehead atoms. The van der Waals surface area contributed by atoms with E-state index in [4.69, 9.17) is 5.73 Å². The summed E-state index contributed by atoms with van der Waals surface area (Å²) in [7, 11) is 2.03. The molecule has 102 valence electrons. The van der Waals surface area contributed by atoms with Gasteiger partial charge in [-0.2, -0.15) is 0 Å². The summed E-state index contributed by atoms with van der Waals surface area (Å²) in [4.78, 5) is 6.74. The van der Waals surface area contributed by atoms with E-state index in [0.717, 1.165) is 31.9 Å². The number of aryl methyl sites for hydroxylation is 1. The smallest absolute Gasteiger partial charge is 0.109 e. The molecule has 0 fully saturated rings. The Morgan fingerprint density at radius 1 is 1.21 bits per heavy atom. The lowest BCUT2D eigenvalue weighted by Crippen LogP contribution is -2.31. The predicted molar refractivity (Wildman–Crippen MR) is 77.7 cm³/mol. The van der Waals surface area contributed by atoms with Gasteiger partial charge in [0.1, 0.15) is 5.82 Å². The summed E-state index contributed by atoms with van der Waals surface area (Å²) in [6, 6.07) is 10.5. The number of nitrogens with zero attached hydrogens (tertiary/aromatic N) is 3. The number of benzene rings is 1. The van der Waals surface area contributed by atoms with Crippen molar-refractivity contribution < 1.29 is 0 Å². The lowest BCUT2D eigenvalue weighted by Gasteiger charge is -2.21. The second-order valence-corrected chi connectivity index (χ2v) is 4.75. The van der Waals surface area contributed by atoms with E-state index in [-0.39, 0.29) is 0 Å². The van der Waals surface area contributed by atoms with Crippen molar-refractivity contribution in [2.24, 2.45) is 12.8 Å². The van der Waals surface area contributed by atoms with Crippen molar-refractivity contribution in [2.45, 2.75) is 13.0 Å². The van der Waals surface area contributed by atoms with Crippen LogP contribution in [0.2, 0.25) is 0 Å². The molecule has 2 N–H and O–H groups in total. The van der Waals surface area contributed by atoms with Gasteiger partial charge in [0.2, 0.25) is 0 Å². The second-order valence-electron chi connectivity index (χ2n) is 4.75. The van der Waals surface area contributed by atoms with Crippen LogP contribution in [0.4, 0.5) is 0 Å². The molecule has 19 heavy (non-hydrogen) atoms. The van der Waals surface area contributed by atoms with Crippen LogP contribution in [0.25, 0.3) is 0 Å². The van der Waals surface area contributed by atoms with Crippen molar-refractivity contribution in [1.82, 2.24) is 14.5 Å². The van der Waals surface area contributed by atoms with E-state index in [0.29, 0.717) is 6.54 Å². The summed E-state index contributed by atoms with van der Waals surface area (Å²) in [5.41, 5.74) is 7.03. The summed E-state index contributed by atoms with van der Waals surface area (Å²) >= 11 is 0. The van der Waals surface area contributed by atoms with Crippen molar-refractivity contribution in [3.63, 3.8) is 0 Å². The van der Waals surface area contributed by atoms with Crippen LogP contribution < -0.4 is 5.73 Å². The SMILES string of the molecule is Cn1ccnc1CCN(CCN)Cc1ccccc1. The van der Waals surface area contributed by atoms with Gasteiger partial charge in [-0.15, -0.1) is 0 Å². The maximum absolute atomic E-state index is 5.70. The fourth-order valence-corrected chi connectivity index (χ4v) is 2.19. The Kier molecular flexibility index (Phi) is 5.12. The topological polar surface area (TPSA) is 47.1 Å². The molecule has 1 aromatic heterocycles. The van der Waals surface area contributed by atoms with E-state index in [1.807, 2.05) is 25.5 Å². The molecular weight excluding hydrogens is 236 g/mol. The molecule has 1 heterocycles. The molecule has 0 radical (unpaired) electrons. The predicted octanol–water partition coefficient (Wildman–Crippen LogP) is 1.42. The summed E-state index contributed by atoms with van der Waals surface area (Å²) in [6.45, 7) is 3.53. The minimum atomic E-state index is 0.688. The molecule has 0 spiro atoms. The van der Waals surface area contributed by atoms with E-state index in [1.165, 1.54) is 5.56 Å². The van der Waals surface area contributed by atoms with Gasteiger partial charge < -0.3 is 10.3 Å². The largest absolute Gasteiger partial charge is 0.338 e. The van der Waals surface area contributed by atoms with E-state index >= 15 is 0 Å². The van der Waals surface area contributed by atoms with Crippen LogP contribution in [-0.4, -0.2) is 34.1 Å². The van der Waals surface area contributed by atoms with Gasteiger partial charge in [-0.05, 0) is 5.56 Å². The molecular formula is C15H22N4. The van der Waals surface area contributed by atoms with Gasteiger partial charge in [0.25, 0.3) is 0 Å². The number of imidazole rings is 1. The van der Waals surface area contributed by atoms with E-state index in [2.05, 4.69) is 38.7 Å². The van der Waals surface area contributed by atoms with Crippen LogP contribution >= 0.6 is 0 Å². The highest BCUT2D eigenvalue weighted by molar-refractivity contribution is 5.14. The van der Waals surface area contributed by atoms with Gasteiger partial charge in [0, 0.05) is 52.0 Å². The number of rotatable bonds is 7. The van der Waals surface area contributed by atoms with Gasteiger partial charge in [-0.3, -0.25) is 4.90 Å². The standard InChI is InChI=1S/C15H22N4/c1-18-12-9-17-15(18)7-10-19(11-8-16)13-14-5-3-2-4-6-14/h2-6,9,12H,7-8,10-11,13,16H2,1H3. The average molecular weight is 258 g/mol. The number of aromatic nitrogens is 2. The highest BCUT2D eigenvalue weighted by Gasteiger charge is 2.07. The lowest BCUT2D eigenvalue weighted by atomic mass is 10.2. The lowest BCUT2D eigenvalue weighted by molar-refractivity contribution is 0.274. The molecule has 1 aromatic carbocycles. The Balaban J connectivity index is 1.91. The summed E-state index contributed by atoms with van der Waals surface area (Å²) in [5, 5.41) is 0. The van der Waals surface area contributed by atoms with Gasteiger partial charge in [-0.25, -0.2) is 4.98 Å². The Bertz CT molecular complexity index is 478. The van der Waals surface area contributed by atoms with E-state index in [9.17, 15) is 0 Å². The first kappa shape index (κ1) is 13.8. The Labute approximate surface area is 114 Å². The highest BCUT2D eigenvalue weighted by Crippen LogP contribution is 2.05. The van der Waals surface area contributed by atoms with Gasteiger partial charge in [0.05, 0.1) is 0 Å². The molecule has 0 aliphatic carbocycles. The molecule has 2 aromatic rings. The second kappa shape index (κ2) is 7.07. The fourth-order valence-electron chi connectivity index (χ4n) is 2.19. The third kappa shape index (κ3) is 4.19. The van der Waals surface area contributed by atoms with Crippen molar-refractivity contribution in [3.05, 3.63) is 54.1 Å². The number of hydrogen-bond acceptors (Lipinski definition) is 3. The zero-order chi connectivity index (χ0) is 13.5. The van der Waals surface area contributed by atoms with Gasteiger partial charge in [-0.1, -0.05) is 30.3 Å². The van der Waals surface area contributed by atoms with Crippen molar-refractivity contribution in [3.8, 4) is 0 Å². The maximum atomic E-state index is 5.70. The fraction of sp³-hybridized carbons (Fsp3) is 0.400. The zero-order valence-electron chi connectivity index (χ0n) is 11.5. The molecule has 0 amide bonds. The maximum Gasteiger partial charge on any atom is 0.109 e. The molecule has 0 saturated heterocycles. The van der Waals surface area contributed by atoms with Crippen LogP contribution in [0.15, 0.2) is 42.7 Å². The van der Waals surface area contributed by atoms with Crippen LogP contribution in [0.1, 0.15) is 11.4 Å². The summed E-state index contributed by atoms with van der Waals surface area (Å²) < 4.78 is 2.07. The van der Waals surface area contributed by atoms with Crippen LogP contribution in [0.3, 0.4) is 0 Å². The van der Waals surface area contributed by atoms with Crippen LogP contribution in [0.5, 0.6) is 0 Å². The van der Waals surface area contributed by atoms with Gasteiger partial charge >= 0.3 is 0 Å². The quantitative estimate of drug-likeness (QED) is 0.817. The number of nitrogens with two attached hydrogens (primary N) is 1. The normalized spacial score (nSPS) is 11.1. The first-order valence-corrected chi connectivity index (χ1v) is 6.72. The molecule has 2 rings (SSSR count). The molecule has 0 aliphatic rings. The van der Waals surface area contributed by atoms with Gasteiger partial charge in [0.15, 0.2) is 0 Å². The average Bonchev–Trinajstić information content (AvgIpc) is 2.83. The highest BCUT2D eigenvalue weighted by atomic mass is 15.1. The molecule has 0 unspecified atom stereocenters. The monoisotopic (exact) mass is 258 g/mol. The molecule has 0 aliphatic heterocycles. The molecule has 0 atom stereocenters. The van der Waals surface area contributed by atoms with Crippen molar-refractivity contribution >= 4 is 0 Å². The minimum absolute atomic E-state index is 0.688. The number of hydrogen-bond donors (Lipinski definition) is 1. The Hall–Kier alpha value is -1.65. The molecule has 4 nitrogen and oxygen atoms in total. The Morgan fingerprint density at radius 3 is 2.63 bits per heavy atom. The zero-order valence-corrected chi connectivity index (χ0v) is 11.5. The third-order valence-corrected chi connectivity index (χ3v) is 3.27. The first-order chi connectivity index (χ1) is 9.29. The minimum Gasteiger partial charge on any atom is -0.338 e.